The fourth-order valence-corrected chi connectivity index (χ4v) is 4.92. The van der Waals surface area contributed by atoms with Crippen LogP contribution in [0, 0.1) is 0 Å². The fourth-order valence-electron chi connectivity index (χ4n) is 4.14. The van der Waals surface area contributed by atoms with Gasteiger partial charge in [-0.2, -0.15) is 0 Å². The molecule has 3 atom stereocenters. The molecule has 4 N–H and O–H groups in total. The molecule has 0 aliphatic carbocycles. The van der Waals surface area contributed by atoms with E-state index in [0.29, 0.717) is 6.42 Å². The van der Waals surface area contributed by atoms with Gasteiger partial charge in [-0.15, -0.1) is 0 Å². The molecule has 270 valence electrons. The van der Waals surface area contributed by atoms with Crippen LogP contribution in [0.15, 0.2) is 48.6 Å². The van der Waals surface area contributed by atoms with Gasteiger partial charge in [0, 0.05) is 12.8 Å². The maximum absolute atomic E-state index is 11.9. The number of carboxylic acid groups (broad SMARTS) is 1. The Balaban J connectivity index is 3.73. The molecule has 0 fully saturated rings. The van der Waals surface area contributed by atoms with Crippen LogP contribution >= 0.6 is 7.82 Å². The number of rotatable bonds is 31. The highest BCUT2D eigenvalue weighted by molar-refractivity contribution is 7.47. The zero-order valence-corrected chi connectivity index (χ0v) is 29.5. The number of hydrogen-bond acceptors (Lipinski definition) is 8. The van der Waals surface area contributed by atoms with Crippen LogP contribution in [0.2, 0.25) is 0 Å². The summed E-state index contributed by atoms with van der Waals surface area (Å²) in [5.74, 6) is -2.51. The van der Waals surface area contributed by atoms with Crippen LogP contribution in [-0.4, -0.2) is 64.9 Å². The van der Waals surface area contributed by atoms with Crippen LogP contribution in [0.25, 0.3) is 0 Å². The van der Waals surface area contributed by atoms with Crippen molar-refractivity contribution in [2.45, 2.75) is 135 Å². The number of hydrogen-bond donors (Lipinski definition) is 4. The molecular weight excluding hydrogens is 625 g/mol. The average Bonchev–Trinajstić information content (AvgIpc) is 3.04. The zero-order valence-electron chi connectivity index (χ0n) is 28.6. The summed E-state index contributed by atoms with van der Waals surface area (Å²) in [6.07, 6.45) is 33.1. The smallest absolute Gasteiger partial charge is 0.472 e. The summed E-state index contributed by atoms with van der Waals surface area (Å²) in [5, 5.41) is 21.1. The van der Waals surface area contributed by atoms with E-state index in [-0.39, 0.29) is 12.8 Å². The Morgan fingerprint density at radius 3 is 1.72 bits per heavy atom. The van der Waals surface area contributed by atoms with E-state index in [1.165, 1.54) is 45.4 Å². The third-order valence-electron chi connectivity index (χ3n) is 6.93. The van der Waals surface area contributed by atoms with Crippen LogP contribution in [0.4, 0.5) is 0 Å². The highest BCUT2D eigenvalue weighted by Crippen LogP contribution is 2.43. The minimum atomic E-state index is -4.72. The molecule has 1 amide bonds. The number of aliphatic hydroxyl groups is 1. The minimum Gasteiger partial charge on any atom is -0.480 e. The third-order valence-corrected chi connectivity index (χ3v) is 7.89. The molecule has 12 heteroatoms. The lowest BCUT2D eigenvalue weighted by Crippen LogP contribution is -2.43. The maximum Gasteiger partial charge on any atom is 0.472 e. The van der Waals surface area contributed by atoms with Gasteiger partial charge in [0.05, 0.1) is 13.2 Å². The molecule has 0 rings (SSSR count). The van der Waals surface area contributed by atoms with Crippen molar-refractivity contribution < 1.29 is 47.8 Å². The zero-order chi connectivity index (χ0) is 35.0. The first-order valence-electron chi connectivity index (χ1n) is 17.2. The van der Waals surface area contributed by atoms with Gasteiger partial charge in [-0.25, -0.2) is 9.36 Å². The van der Waals surface area contributed by atoms with Crippen molar-refractivity contribution in [3.8, 4) is 0 Å². The van der Waals surface area contributed by atoms with Crippen LogP contribution in [0.5, 0.6) is 0 Å². The topological polar surface area (TPSA) is 169 Å². The Morgan fingerprint density at radius 1 is 0.702 bits per heavy atom. The minimum absolute atomic E-state index is 0.0241. The second-order valence-electron chi connectivity index (χ2n) is 11.3. The normalized spacial score (nSPS) is 14.6. The monoisotopic (exact) mass is 685 g/mol. The Kier molecular flexibility index (Phi) is 29.1. The molecule has 0 heterocycles. The highest BCUT2D eigenvalue weighted by Gasteiger charge is 2.28. The predicted molar refractivity (Wildman–Crippen MR) is 185 cm³/mol. The number of unbranched alkanes of at least 4 members (excludes halogenated alkanes) is 10. The average molecular weight is 686 g/mol. The van der Waals surface area contributed by atoms with Crippen molar-refractivity contribution in [2.75, 3.05) is 19.8 Å². The van der Waals surface area contributed by atoms with Crippen LogP contribution in [-0.2, 0) is 32.7 Å². The van der Waals surface area contributed by atoms with Gasteiger partial charge in [-0.1, -0.05) is 107 Å². The van der Waals surface area contributed by atoms with Crippen molar-refractivity contribution in [2.24, 2.45) is 0 Å². The third kappa shape index (κ3) is 30.5. The summed E-state index contributed by atoms with van der Waals surface area (Å²) in [6, 6.07) is -1.54. The van der Waals surface area contributed by atoms with E-state index in [1.54, 1.807) is 0 Å². The maximum atomic E-state index is 11.9. The number of ether oxygens (including phenoxy) is 1. The summed E-state index contributed by atoms with van der Waals surface area (Å²) in [7, 11) is -4.72. The number of phosphoric acid groups is 1. The number of carboxylic acids is 1. The lowest BCUT2D eigenvalue weighted by molar-refractivity contribution is -0.147. The first-order valence-corrected chi connectivity index (χ1v) is 18.7. The van der Waals surface area contributed by atoms with E-state index in [2.05, 4.69) is 69.9 Å². The lowest BCUT2D eigenvalue weighted by atomic mass is 10.1. The van der Waals surface area contributed by atoms with Crippen molar-refractivity contribution >= 4 is 25.7 Å². The highest BCUT2D eigenvalue weighted by atomic mass is 31.2. The SMILES string of the molecule is CCCCC/C=C\C/C=C\C/C=C\C/C=C\CCCCCCCCCC(=O)OCC(O)COP(=O)(O)OCC(NC(=O)CC)C(=O)O. The standard InChI is InChI=1S/C35H60NO10P/c1-3-5-6-7-8-9-10-11-12-13-14-15-16-17-18-19-20-21-22-23-24-25-26-27-34(39)44-28-31(37)29-45-47(42,43)46-30-32(35(40)41)36-33(38)4-2/h8-9,11-12,14-15,17-18,31-32,37H,3-7,10,13,16,19-30H2,1-2H3,(H,36,38)(H,40,41)(H,42,43)/b9-8-,12-11-,15-14-,18-17-. The molecule has 0 bridgehead atoms. The second-order valence-corrected chi connectivity index (χ2v) is 12.8. The van der Waals surface area contributed by atoms with E-state index in [1.807, 2.05) is 0 Å². The molecule has 0 spiro atoms. The summed E-state index contributed by atoms with van der Waals surface area (Å²) in [5.41, 5.74) is 0. The quantitative estimate of drug-likeness (QED) is 0.0248. The predicted octanol–water partition coefficient (Wildman–Crippen LogP) is 7.49. The van der Waals surface area contributed by atoms with Crippen molar-refractivity contribution in [3.63, 3.8) is 0 Å². The van der Waals surface area contributed by atoms with Gasteiger partial charge in [0.25, 0.3) is 0 Å². The Hall–Kier alpha value is -2.56. The molecule has 11 nitrogen and oxygen atoms in total. The summed E-state index contributed by atoms with van der Waals surface area (Å²) in [4.78, 5) is 44.1. The number of nitrogens with one attached hydrogen (secondary N) is 1. The van der Waals surface area contributed by atoms with Crippen molar-refractivity contribution in [3.05, 3.63) is 48.6 Å². The number of carbonyl (C=O) groups excluding carboxylic acids is 2. The van der Waals surface area contributed by atoms with Crippen LogP contribution < -0.4 is 5.32 Å². The lowest BCUT2D eigenvalue weighted by Gasteiger charge is -2.18. The van der Waals surface area contributed by atoms with Gasteiger partial charge in [0.15, 0.2) is 6.04 Å². The summed E-state index contributed by atoms with van der Waals surface area (Å²) in [6.45, 7) is 1.82. The molecule has 0 aromatic rings. The first-order chi connectivity index (χ1) is 22.6. The van der Waals surface area contributed by atoms with Crippen molar-refractivity contribution in [1.29, 1.82) is 0 Å². The van der Waals surface area contributed by atoms with Gasteiger partial charge < -0.3 is 25.2 Å². The Morgan fingerprint density at radius 2 is 1.19 bits per heavy atom. The van der Waals surface area contributed by atoms with Gasteiger partial charge >= 0.3 is 19.8 Å². The van der Waals surface area contributed by atoms with Gasteiger partial charge in [-0.3, -0.25) is 18.6 Å². The van der Waals surface area contributed by atoms with E-state index in [4.69, 9.17) is 9.84 Å². The molecular formula is C35H60NO10P. The summed E-state index contributed by atoms with van der Waals surface area (Å²) >= 11 is 0. The first kappa shape index (κ1) is 44.4. The molecule has 0 radical (unpaired) electrons. The van der Waals surface area contributed by atoms with Gasteiger partial charge in [-0.05, 0) is 51.4 Å². The molecule has 0 aromatic heterocycles. The number of allylic oxidation sites excluding steroid dienone is 8. The van der Waals surface area contributed by atoms with E-state index in [9.17, 15) is 28.9 Å². The van der Waals surface area contributed by atoms with Crippen LogP contribution in [0.1, 0.15) is 123 Å². The number of aliphatic hydroxyl groups excluding tert-OH is 1. The largest absolute Gasteiger partial charge is 0.480 e. The second kappa shape index (κ2) is 30.8. The van der Waals surface area contributed by atoms with Gasteiger partial charge in [0.2, 0.25) is 5.91 Å². The Bertz CT molecular complexity index is 995. The summed E-state index contributed by atoms with van der Waals surface area (Å²) < 4.78 is 26.1. The number of phosphoric ester groups is 1. The van der Waals surface area contributed by atoms with Gasteiger partial charge in [0.1, 0.15) is 12.7 Å². The van der Waals surface area contributed by atoms with E-state index >= 15 is 0 Å². The van der Waals surface area contributed by atoms with E-state index in [0.717, 1.165) is 51.4 Å². The molecule has 0 aliphatic heterocycles. The number of carbonyl (C=O) groups is 3. The fraction of sp³-hybridized carbons (Fsp3) is 0.686. The van der Waals surface area contributed by atoms with E-state index < -0.39 is 57.6 Å². The molecule has 0 aliphatic rings. The molecule has 47 heavy (non-hydrogen) atoms. The van der Waals surface area contributed by atoms with Crippen molar-refractivity contribution in [1.82, 2.24) is 5.32 Å². The molecule has 3 unspecified atom stereocenters. The molecule has 0 aromatic carbocycles. The molecule has 0 saturated carbocycles. The number of aliphatic carboxylic acids is 1. The Labute approximate surface area is 282 Å². The molecule has 0 saturated heterocycles. The van der Waals surface area contributed by atoms with Crippen LogP contribution in [0.3, 0.4) is 0 Å². The number of esters is 1. The number of amides is 1.